The van der Waals surface area contributed by atoms with Gasteiger partial charge in [0.25, 0.3) is 0 Å². The average Bonchev–Trinajstić information content (AvgIpc) is 2.39. The van der Waals surface area contributed by atoms with Crippen LogP contribution in [0.15, 0.2) is 41.5 Å². The number of rotatable bonds is 3. The van der Waals surface area contributed by atoms with Gasteiger partial charge >= 0.3 is 0 Å². The van der Waals surface area contributed by atoms with Gasteiger partial charge in [0.15, 0.2) is 0 Å². The highest BCUT2D eigenvalue weighted by Gasteiger charge is 2.04. The summed E-state index contributed by atoms with van der Waals surface area (Å²) in [5, 5.41) is 8.45. The van der Waals surface area contributed by atoms with Gasteiger partial charge in [0, 0.05) is 17.5 Å². The predicted molar refractivity (Wildman–Crippen MR) is 74.7 cm³/mol. The third-order valence-corrected chi connectivity index (χ3v) is 2.73. The van der Waals surface area contributed by atoms with Gasteiger partial charge in [-0.15, -0.1) is 0 Å². The molecule has 0 aliphatic rings. The Kier molecular flexibility index (Phi) is 3.57. The van der Waals surface area contributed by atoms with Crippen LogP contribution < -0.4 is 11.2 Å². The molecule has 0 spiro atoms. The zero-order valence-corrected chi connectivity index (χ0v) is 10.2. The van der Waals surface area contributed by atoms with Crippen LogP contribution in [0.1, 0.15) is 18.9 Å². The minimum Gasteiger partial charge on any atom is -0.326 e. The maximum absolute atomic E-state index is 11.5. The second kappa shape index (κ2) is 5.31. The lowest BCUT2D eigenvalue weighted by atomic mass is 10.1. The lowest BCUT2D eigenvalue weighted by Gasteiger charge is -2.08. The van der Waals surface area contributed by atoms with Crippen LogP contribution in [0.3, 0.4) is 0 Å². The van der Waals surface area contributed by atoms with Crippen molar-refractivity contribution in [1.29, 1.82) is 0 Å². The summed E-state index contributed by atoms with van der Waals surface area (Å²) in [5.41, 5.74) is 1.72. The lowest BCUT2D eigenvalue weighted by molar-refractivity contribution is -0.115. The maximum Gasteiger partial charge on any atom is 0.224 e. The Morgan fingerprint density at radius 3 is 2.94 bits per heavy atom. The number of benzene rings is 2. The van der Waals surface area contributed by atoms with Crippen LogP contribution in [0.5, 0.6) is 0 Å². The standard InChI is InChI=1S/C14H15N3O/c1-2-14(18)17-13-5-3-4-11-7-6-10(9-16-15)8-12(11)13/h3-9H,2,15H2,1H3,(H,17,18). The molecular formula is C14H15N3O. The first-order valence-corrected chi connectivity index (χ1v) is 5.80. The number of hydrogen-bond donors (Lipinski definition) is 2. The molecule has 0 bridgehead atoms. The molecule has 0 saturated carbocycles. The van der Waals surface area contributed by atoms with E-state index in [1.54, 1.807) is 6.21 Å². The summed E-state index contributed by atoms with van der Waals surface area (Å²) in [6, 6.07) is 11.7. The molecule has 4 nitrogen and oxygen atoms in total. The molecule has 4 heteroatoms. The fraction of sp³-hybridized carbons (Fsp3) is 0.143. The summed E-state index contributed by atoms with van der Waals surface area (Å²) < 4.78 is 0. The zero-order chi connectivity index (χ0) is 13.0. The van der Waals surface area contributed by atoms with Crippen molar-refractivity contribution in [3.63, 3.8) is 0 Å². The van der Waals surface area contributed by atoms with E-state index in [2.05, 4.69) is 10.4 Å². The minimum atomic E-state index is 0.000366. The molecule has 1 amide bonds. The van der Waals surface area contributed by atoms with Gasteiger partial charge in [-0.1, -0.05) is 31.2 Å². The normalized spacial score (nSPS) is 10.9. The van der Waals surface area contributed by atoms with Gasteiger partial charge in [-0.25, -0.2) is 0 Å². The number of nitrogens with one attached hydrogen (secondary N) is 1. The van der Waals surface area contributed by atoms with Crippen molar-refractivity contribution in [3.8, 4) is 0 Å². The molecule has 0 saturated heterocycles. The van der Waals surface area contributed by atoms with Crippen molar-refractivity contribution >= 4 is 28.6 Å². The molecule has 0 heterocycles. The Morgan fingerprint density at radius 2 is 2.22 bits per heavy atom. The Morgan fingerprint density at radius 1 is 1.39 bits per heavy atom. The topological polar surface area (TPSA) is 67.5 Å². The summed E-state index contributed by atoms with van der Waals surface area (Å²) in [5.74, 6) is 5.14. The monoisotopic (exact) mass is 241 g/mol. The van der Waals surface area contributed by atoms with Crippen molar-refractivity contribution in [2.24, 2.45) is 10.9 Å². The van der Waals surface area contributed by atoms with E-state index in [1.165, 1.54) is 0 Å². The second-order valence-electron chi connectivity index (χ2n) is 3.97. The average molecular weight is 241 g/mol. The fourth-order valence-corrected chi connectivity index (χ4v) is 1.80. The molecule has 2 rings (SSSR count). The zero-order valence-electron chi connectivity index (χ0n) is 10.2. The van der Waals surface area contributed by atoms with E-state index >= 15 is 0 Å². The van der Waals surface area contributed by atoms with E-state index in [1.807, 2.05) is 43.3 Å². The highest BCUT2D eigenvalue weighted by atomic mass is 16.1. The largest absolute Gasteiger partial charge is 0.326 e. The van der Waals surface area contributed by atoms with Crippen LogP contribution in [0.4, 0.5) is 5.69 Å². The number of carbonyl (C=O) groups excluding carboxylic acids is 1. The fourth-order valence-electron chi connectivity index (χ4n) is 1.80. The lowest BCUT2D eigenvalue weighted by Crippen LogP contribution is -2.09. The van der Waals surface area contributed by atoms with Crippen molar-refractivity contribution in [1.82, 2.24) is 0 Å². The number of hydrogen-bond acceptors (Lipinski definition) is 3. The Hall–Kier alpha value is -2.36. The van der Waals surface area contributed by atoms with Gasteiger partial charge < -0.3 is 11.2 Å². The highest BCUT2D eigenvalue weighted by Crippen LogP contribution is 2.24. The molecular weight excluding hydrogens is 226 g/mol. The van der Waals surface area contributed by atoms with Gasteiger partial charge in [0.1, 0.15) is 0 Å². The van der Waals surface area contributed by atoms with Gasteiger partial charge in [-0.3, -0.25) is 4.79 Å². The van der Waals surface area contributed by atoms with E-state index in [-0.39, 0.29) is 5.91 Å². The van der Waals surface area contributed by atoms with Crippen molar-refractivity contribution < 1.29 is 4.79 Å². The molecule has 0 radical (unpaired) electrons. The van der Waals surface area contributed by atoms with Crippen molar-refractivity contribution in [2.45, 2.75) is 13.3 Å². The molecule has 0 unspecified atom stereocenters. The SMILES string of the molecule is CCC(=O)Nc1cccc2ccc(C=NN)cc12. The van der Waals surface area contributed by atoms with E-state index in [0.717, 1.165) is 22.0 Å². The van der Waals surface area contributed by atoms with Crippen molar-refractivity contribution in [2.75, 3.05) is 5.32 Å². The maximum atomic E-state index is 11.5. The minimum absolute atomic E-state index is 0.000366. The number of carbonyl (C=O) groups is 1. The highest BCUT2D eigenvalue weighted by molar-refractivity contribution is 6.03. The predicted octanol–water partition coefficient (Wildman–Crippen LogP) is 2.48. The van der Waals surface area contributed by atoms with E-state index in [4.69, 9.17) is 5.84 Å². The third-order valence-electron chi connectivity index (χ3n) is 2.73. The summed E-state index contributed by atoms with van der Waals surface area (Å²) >= 11 is 0. The summed E-state index contributed by atoms with van der Waals surface area (Å²) in [6.45, 7) is 1.83. The number of amides is 1. The van der Waals surface area contributed by atoms with Crippen LogP contribution in [0.25, 0.3) is 10.8 Å². The second-order valence-corrected chi connectivity index (χ2v) is 3.97. The van der Waals surface area contributed by atoms with Gasteiger partial charge in [0.05, 0.1) is 6.21 Å². The van der Waals surface area contributed by atoms with E-state index in [9.17, 15) is 4.79 Å². The van der Waals surface area contributed by atoms with Gasteiger partial charge in [-0.05, 0) is 23.1 Å². The van der Waals surface area contributed by atoms with E-state index in [0.29, 0.717) is 6.42 Å². The van der Waals surface area contributed by atoms with Crippen LogP contribution in [0, 0.1) is 0 Å². The first-order chi connectivity index (χ1) is 8.74. The molecule has 0 aliphatic carbocycles. The summed E-state index contributed by atoms with van der Waals surface area (Å²) in [6.07, 6.45) is 2.04. The number of hydrazone groups is 1. The number of anilines is 1. The smallest absolute Gasteiger partial charge is 0.224 e. The molecule has 92 valence electrons. The first-order valence-electron chi connectivity index (χ1n) is 5.80. The molecule has 2 aromatic rings. The Balaban J connectivity index is 2.51. The molecule has 0 fully saturated rings. The molecule has 3 N–H and O–H groups in total. The Bertz CT molecular complexity index is 605. The van der Waals surface area contributed by atoms with Crippen LogP contribution in [-0.2, 0) is 4.79 Å². The van der Waals surface area contributed by atoms with Crippen molar-refractivity contribution in [3.05, 3.63) is 42.0 Å². The molecule has 2 aromatic carbocycles. The Labute approximate surface area is 105 Å². The number of fused-ring (bicyclic) bond motifs is 1. The van der Waals surface area contributed by atoms with Gasteiger partial charge in [0.2, 0.25) is 5.91 Å². The number of nitrogens with zero attached hydrogens (tertiary/aromatic N) is 1. The van der Waals surface area contributed by atoms with E-state index < -0.39 is 0 Å². The first kappa shape index (κ1) is 12.1. The molecule has 0 atom stereocenters. The number of nitrogens with two attached hydrogens (primary N) is 1. The molecule has 0 aliphatic heterocycles. The molecule has 18 heavy (non-hydrogen) atoms. The van der Waals surface area contributed by atoms with Crippen LogP contribution in [0.2, 0.25) is 0 Å². The van der Waals surface area contributed by atoms with Crippen LogP contribution >= 0.6 is 0 Å². The summed E-state index contributed by atoms with van der Waals surface area (Å²) in [7, 11) is 0. The van der Waals surface area contributed by atoms with Gasteiger partial charge in [-0.2, -0.15) is 5.10 Å². The third kappa shape index (κ3) is 2.48. The molecule has 0 aromatic heterocycles. The van der Waals surface area contributed by atoms with Crippen LogP contribution in [-0.4, -0.2) is 12.1 Å². The summed E-state index contributed by atoms with van der Waals surface area (Å²) in [4.78, 5) is 11.5. The quantitative estimate of drug-likeness (QED) is 0.492.